The number of aromatic nitrogens is 2. The Bertz CT molecular complexity index is 771. The number of nitrogens with one attached hydrogen (secondary N) is 1. The number of amides is 1. The van der Waals surface area contributed by atoms with E-state index in [1.54, 1.807) is 0 Å². The molecule has 1 aromatic heterocycles. The van der Waals surface area contributed by atoms with Gasteiger partial charge in [-0.15, -0.1) is 0 Å². The molecule has 1 aliphatic rings. The highest BCUT2D eigenvalue weighted by Gasteiger charge is 2.35. The van der Waals surface area contributed by atoms with E-state index in [0.29, 0.717) is 17.3 Å². The number of halogens is 1. The Morgan fingerprint density at radius 2 is 1.96 bits per heavy atom. The number of unbranched alkanes of at least 4 members (excludes halogenated alkanes) is 1. The van der Waals surface area contributed by atoms with Gasteiger partial charge in [0.2, 0.25) is 0 Å². The molecule has 1 atom stereocenters. The zero-order valence-electron chi connectivity index (χ0n) is 15.1. The van der Waals surface area contributed by atoms with Crippen LogP contribution in [-0.2, 0) is 6.54 Å². The van der Waals surface area contributed by atoms with Crippen molar-refractivity contribution in [2.45, 2.75) is 52.7 Å². The van der Waals surface area contributed by atoms with Gasteiger partial charge in [-0.1, -0.05) is 44.0 Å². The minimum Gasteiger partial charge on any atom is -0.361 e. The molecule has 0 saturated heterocycles. The van der Waals surface area contributed by atoms with Crippen molar-refractivity contribution >= 4 is 23.2 Å². The quantitative estimate of drug-likeness (QED) is 0.817. The Kier molecular flexibility index (Phi) is 5.33. The van der Waals surface area contributed by atoms with Crippen LogP contribution in [0.5, 0.6) is 0 Å². The summed E-state index contributed by atoms with van der Waals surface area (Å²) in [6.07, 6.45) is 2.70. The third-order valence-electron chi connectivity index (χ3n) is 4.59. The molecule has 0 bridgehead atoms. The predicted molar refractivity (Wildman–Crippen MR) is 101 cm³/mol. The Morgan fingerprint density at radius 1 is 1.20 bits per heavy atom. The number of aryl methyl sites for hydroxylation is 2. The van der Waals surface area contributed by atoms with Gasteiger partial charge >= 0.3 is 0 Å². The molecule has 2 aromatic rings. The lowest BCUT2D eigenvalue weighted by atomic mass is 10.0. The molecule has 0 saturated carbocycles. The average Bonchev–Trinajstić information content (AvgIpc) is 2.89. The Balaban J connectivity index is 2.03. The number of carbonyl (C=O) groups excluding carboxylic acids is 1. The van der Waals surface area contributed by atoms with Crippen LogP contribution in [0.4, 0.5) is 5.69 Å². The fourth-order valence-corrected chi connectivity index (χ4v) is 3.69. The molecular formula is C19H25ClN4O. The number of rotatable bonds is 6. The van der Waals surface area contributed by atoms with Gasteiger partial charge in [0.25, 0.3) is 5.91 Å². The maximum absolute atomic E-state index is 13.0. The second-order valence-corrected chi connectivity index (χ2v) is 6.82. The van der Waals surface area contributed by atoms with Crippen LogP contribution in [0.2, 0.25) is 5.15 Å². The molecule has 0 unspecified atom stereocenters. The van der Waals surface area contributed by atoms with Crippen molar-refractivity contribution in [3.8, 4) is 0 Å². The average molecular weight is 361 g/mol. The Hall–Kier alpha value is -2.01. The molecule has 6 heteroatoms. The first-order valence-electron chi connectivity index (χ1n) is 8.97. The highest BCUT2D eigenvalue weighted by Crippen LogP contribution is 2.37. The molecule has 0 fully saturated rings. The van der Waals surface area contributed by atoms with Crippen LogP contribution in [0.3, 0.4) is 0 Å². The van der Waals surface area contributed by atoms with Crippen molar-refractivity contribution in [1.29, 1.82) is 0 Å². The van der Waals surface area contributed by atoms with Gasteiger partial charge in [0.05, 0.1) is 16.8 Å². The van der Waals surface area contributed by atoms with E-state index in [9.17, 15) is 4.79 Å². The van der Waals surface area contributed by atoms with E-state index in [2.05, 4.69) is 24.3 Å². The van der Waals surface area contributed by atoms with Crippen LogP contribution in [0.25, 0.3) is 0 Å². The number of hydrogen-bond donors (Lipinski definition) is 1. The molecular weight excluding hydrogens is 336 g/mol. The van der Waals surface area contributed by atoms with Crippen molar-refractivity contribution < 1.29 is 4.79 Å². The van der Waals surface area contributed by atoms with E-state index in [1.165, 1.54) is 0 Å². The lowest BCUT2D eigenvalue weighted by Crippen LogP contribution is -2.43. The van der Waals surface area contributed by atoms with Gasteiger partial charge in [0.1, 0.15) is 11.3 Å². The Morgan fingerprint density at radius 3 is 2.68 bits per heavy atom. The molecule has 0 spiro atoms. The summed E-state index contributed by atoms with van der Waals surface area (Å²) in [7, 11) is 0. The fourth-order valence-electron chi connectivity index (χ4n) is 3.33. The van der Waals surface area contributed by atoms with Gasteiger partial charge in [-0.2, -0.15) is 5.10 Å². The molecule has 1 aliphatic heterocycles. The molecule has 134 valence electrons. The summed E-state index contributed by atoms with van der Waals surface area (Å²) in [5.41, 5.74) is 3.32. The maximum Gasteiger partial charge on any atom is 0.257 e. The molecule has 25 heavy (non-hydrogen) atoms. The molecule has 1 aromatic carbocycles. The number of hydrogen-bond acceptors (Lipinski definition) is 3. The van der Waals surface area contributed by atoms with Crippen molar-refractivity contribution in [1.82, 2.24) is 14.7 Å². The van der Waals surface area contributed by atoms with Gasteiger partial charge < -0.3 is 10.2 Å². The molecule has 3 rings (SSSR count). The first-order valence-corrected chi connectivity index (χ1v) is 9.35. The number of nitrogens with zero attached hydrogens (tertiary/aromatic N) is 3. The van der Waals surface area contributed by atoms with Crippen LogP contribution >= 0.6 is 11.6 Å². The molecule has 5 nitrogen and oxygen atoms in total. The third kappa shape index (κ3) is 3.25. The number of carbonyl (C=O) groups is 1. The summed E-state index contributed by atoms with van der Waals surface area (Å²) >= 11 is 6.66. The first-order chi connectivity index (χ1) is 12.1. The molecule has 0 aliphatic carbocycles. The van der Waals surface area contributed by atoms with E-state index in [0.717, 1.165) is 42.8 Å². The number of benzene rings is 1. The summed E-state index contributed by atoms with van der Waals surface area (Å²) < 4.78 is 1.85. The molecule has 1 N–H and O–H groups in total. The Labute approximate surface area is 154 Å². The monoisotopic (exact) mass is 360 g/mol. The summed E-state index contributed by atoms with van der Waals surface area (Å²) in [4.78, 5) is 14.9. The van der Waals surface area contributed by atoms with Crippen LogP contribution < -0.4 is 5.32 Å². The first kappa shape index (κ1) is 17.8. The lowest BCUT2D eigenvalue weighted by molar-refractivity contribution is 0.0683. The SMILES string of the molecule is CCCCn1nc(C)c([C@H]2Nc3ccccc3C(=O)N2CCC)c1Cl. The number of fused-ring (bicyclic) bond motifs is 1. The van der Waals surface area contributed by atoms with Gasteiger partial charge in [-0.05, 0) is 31.9 Å². The molecule has 1 amide bonds. The minimum absolute atomic E-state index is 0.0398. The normalized spacial score (nSPS) is 16.7. The largest absolute Gasteiger partial charge is 0.361 e. The zero-order valence-corrected chi connectivity index (χ0v) is 15.8. The van der Waals surface area contributed by atoms with Crippen molar-refractivity contribution in [2.24, 2.45) is 0 Å². The van der Waals surface area contributed by atoms with Gasteiger partial charge in [-0.3, -0.25) is 9.48 Å². The molecule has 0 radical (unpaired) electrons. The predicted octanol–water partition coefficient (Wildman–Crippen LogP) is 4.62. The standard InChI is InChI=1S/C19H25ClN4O/c1-4-6-12-24-17(20)16(13(3)22-24)18-21-15-10-8-7-9-14(15)19(25)23(18)11-5-2/h7-10,18,21H,4-6,11-12H2,1-3H3/t18-/m0/s1. The van der Waals surface area contributed by atoms with E-state index in [4.69, 9.17) is 11.6 Å². The second-order valence-electron chi connectivity index (χ2n) is 6.46. The number of para-hydroxylation sites is 1. The van der Waals surface area contributed by atoms with E-state index in [-0.39, 0.29) is 12.1 Å². The highest BCUT2D eigenvalue weighted by molar-refractivity contribution is 6.30. The van der Waals surface area contributed by atoms with E-state index < -0.39 is 0 Å². The summed E-state index contributed by atoms with van der Waals surface area (Å²) in [6, 6.07) is 7.63. The van der Waals surface area contributed by atoms with Crippen molar-refractivity contribution in [3.63, 3.8) is 0 Å². The zero-order chi connectivity index (χ0) is 18.0. The third-order valence-corrected chi connectivity index (χ3v) is 4.99. The van der Waals surface area contributed by atoms with Crippen LogP contribution in [0, 0.1) is 6.92 Å². The fraction of sp³-hybridized carbons (Fsp3) is 0.474. The topological polar surface area (TPSA) is 50.2 Å². The summed E-state index contributed by atoms with van der Waals surface area (Å²) in [6.45, 7) is 7.64. The van der Waals surface area contributed by atoms with Gasteiger partial charge in [-0.25, -0.2) is 0 Å². The molecule has 2 heterocycles. The van der Waals surface area contributed by atoms with Crippen LogP contribution in [0.15, 0.2) is 24.3 Å². The van der Waals surface area contributed by atoms with Crippen molar-refractivity contribution in [2.75, 3.05) is 11.9 Å². The van der Waals surface area contributed by atoms with E-state index >= 15 is 0 Å². The minimum atomic E-state index is -0.287. The highest BCUT2D eigenvalue weighted by atomic mass is 35.5. The lowest BCUT2D eigenvalue weighted by Gasteiger charge is -2.38. The van der Waals surface area contributed by atoms with Crippen molar-refractivity contribution in [3.05, 3.63) is 46.2 Å². The van der Waals surface area contributed by atoms with Crippen LogP contribution in [-0.4, -0.2) is 27.1 Å². The number of anilines is 1. The second kappa shape index (κ2) is 7.48. The summed E-state index contributed by atoms with van der Waals surface area (Å²) in [5.74, 6) is 0.0398. The van der Waals surface area contributed by atoms with E-state index in [1.807, 2.05) is 40.8 Å². The smallest absolute Gasteiger partial charge is 0.257 e. The van der Waals surface area contributed by atoms with Gasteiger partial charge in [0.15, 0.2) is 0 Å². The van der Waals surface area contributed by atoms with Gasteiger partial charge in [0, 0.05) is 18.8 Å². The summed E-state index contributed by atoms with van der Waals surface area (Å²) in [5, 5.41) is 8.72. The maximum atomic E-state index is 13.0. The van der Waals surface area contributed by atoms with Crippen LogP contribution in [0.1, 0.15) is 60.9 Å².